The number of hydrogen-bond acceptors (Lipinski definition) is 2. The largest absolute Gasteiger partial charge is 0.446 e. The summed E-state index contributed by atoms with van der Waals surface area (Å²) in [6, 6.07) is 5.86. The van der Waals surface area contributed by atoms with E-state index in [0.29, 0.717) is 11.8 Å². The Kier molecular flexibility index (Phi) is 4.59. The second-order valence-electron chi connectivity index (χ2n) is 8.15. The van der Waals surface area contributed by atoms with Gasteiger partial charge in [-0.2, -0.15) is 0 Å². The first-order chi connectivity index (χ1) is 10.8. The second-order valence-corrected chi connectivity index (χ2v) is 8.62. The third-order valence-corrected chi connectivity index (χ3v) is 6.19. The van der Waals surface area contributed by atoms with Gasteiger partial charge in [-0.25, -0.2) is 0 Å². The molecule has 2 aliphatic heterocycles. The van der Waals surface area contributed by atoms with Crippen LogP contribution in [0.3, 0.4) is 0 Å². The number of rotatable bonds is 2. The first-order valence-corrected chi connectivity index (χ1v) is 9.43. The summed E-state index contributed by atoms with van der Waals surface area (Å²) in [7, 11) is 2.84. The van der Waals surface area contributed by atoms with Crippen molar-refractivity contribution in [1.82, 2.24) is 4.90 Å². The van der Waals surface area contributed by atoms with Gasteiger partial charge in [0.1, 0.15) is 0 Å². The molecule has 5 heteroatoms. The van der Waals surface area contributed by atoms with Crippen LogP contribution < -0.4 is 5.46 Å². The van der Waals surface area contributed by atoms with Gasteiger partial charge < -0.3 is 9.92 Å². The van der Waals surface area contributed by atoms with Gasteiger partial charge in [0, 0.05) is 18.7 Å². The van der Waals surface area contributed by atoms with Crippen LogP contribution >= 0.6 is 9.24 Å². The summed E-state index contributed by atoms with van der Waals surface area (Å²) in [5.74, 6) is 1.19. The van der Waals surface area contributed by atoms with Crippen LogP contribution in [0.4, 0.5) is 0 Å². The van der Waals surface area contributed by atoms with E-state index >= 15 is 0 Å². The van der Waals surface area contributed by atoms with Gasteiger partial charge in [-0.15, -0.1) is 9.24 Å². The van der Waals surface area contributed by atoms with Crippen LogP contribution in [0.1, 0.15) is 36.7 Å². The van der Waals surface area contributed by atoms with Crippen LogP contribution in [-0.4, -0.2) is 42.0 Å². The molecule has 1 saturated heterocycles. The van der Waals surface area contributed by atoms with Gasteiger partial charge in [-0.05, 0) is 47.7 Å². The summed E-state index contributed by atoms with van der Waals surface area (Å²) in [5.41, 5.74) is 3.07. The summed E-state index contributed by atoms with van der Waals surface area (Å²) in [4.78, 5) is 14.9. The lowest BCUT2D eigenvalue weighted by atomic mass is 9.63. The van der Waals surface area contributed by atoms with Crippen LogP contribution in [0.2, 0.25) is 6.32 Å². The maximum absolute atomic E-state index is 12.9. The minimum Gasteiger partial charge on any atom is -0.446 e. The molecule has 2 aliphatic rings. The summed E-state index contributed by atoms with van der Waals surface area (Å²) in [6.07, 6.45) is 2.72. The van der Waals surface area contributed by atoms with E-state index in [1.807, 2.05) is 23.1 Å². The molecule has 0 bridgehead atoms. The summed E-state index contributed by atoms with van der Waals surface area (Å²) >= 11 is 0. The fraction of sp³-hybridized carbons (Fsp3) is 0.611. The molecule has 3 atom stereocenters. The van der Waals surface area contributed by atoms with Crippen molar-refractivity contribution < 1.29 is 9.82 Å². The van der Waals surface area contributed by atoms with Crippen molar-refractivity contribution in [3.63, 3.8) is 0 Å². The fourth-order valence-electron chi connectivity index (χ4n) is 4.15. The van der Waals surface area contributed by atoms with Crippen molar-refractivity contribution in [2.24, 2.45) is 17.3 Å². The molecule has 3 rings (SSSR count). The molecule has 1 aromatic carbocycles. The predicted octanol–water partition coefficient (Wildman–Crippen LogP) is 2.04. The van der Waals surface area contributed by atoms with E-state index in [0.717, 1.165) is 43.0 Å². The van der Waals surface area contributed by atoms with E-state index in [4.69, 9.17) is 0 Å². The van der Waals surface area contributed by atoms with Gasteiger partial charge in [-0.1, -0.05) is 38.5 Å². The number of nitrogens with zero attached hydrogens (tertiary/aromatic N) is 1. The van der Waals surface area contributed by atoms with Crippen LogP contribution in [0.15, 0.2) is 18.2 Å². The zero-order chi connectivity index (χ0) is 16.8. The molecule has 2 heterocycles. The Bertz CT molecular complexity index is 614. The maximum atomic E-state index is 12.9. The monoisotopic (exact) mass is 331 g/mol. The van der Waals surface area contributed by atoms with Crippen LogP contribution in [0.5, 0.6) is 0 Å². The lowest BCUT2D eigenvalue weighted by Crippen LogP contribution is -2.33. The quantitative estimate of drug-likeness (QED) is 0.666. The SMILES string of the molecule is CC(C)(C)C1CN(C(=O)c2ccc3c(c2)B(O)CC3)CC1CP. The van der Waals surface area contributed by atoms with Gasteiger partial charge in [-0.3, -0.25) is 4.79 Å². The summed E-state index contributed by atoms with van der Waals surface area (Å²) < 4.78 is 0. The number of hydrogen-bond donors (Lipinski definition) is 1. The van der Waals surface area contributed by atoms with E-state index in [9.17, 15) is 9.82 Å². The van der Waals surface area contributed by atoms with E-state index in [1.165, 1.54) is 5.56 Å². The van der Waals surface area contributed by atoms with Gasteiger partial charge in [0.05, 0.1) is 0 Å². The molecule has 0 aromatic heterocycles. The molecule has 0 spiro atoms. The Morgan fingerprint density at radius 3 is 2.74 bits per heavy atom. The third kappa shape index (κ3) is 3.21. The molecule has 1 N–H and O–H groups in total. The number of benzene rings is 1. The van der Waals surface area contributed by atoms with E-state index < -0.39 is 6.92 Å². The Balaban J connectivity index is 1.80. The number of aryl methyl sites for hydroxylation is 1. The molecule has 23 heavy (non-hydrogen) atoms. The van der Waals surface area contributed by atoms with Gasteiger partial charge in [0.2, 0.25) is 0 Å². The smallest absolute Gasteiger partial charge is 0.324 e. The number of carbonyl (C=O) groups is 1. The highest BCUT2D eigenvalue weighted by Gasteiger charge is 2.40. The predicted molar refractivity (Wildman–Crippen MR) is 99.5 cm³/mol. The molecule has 124 valence electrons. The van der Waals surface area contributed by atoms with Crippen molar-refractivity contribution in [3.8, 4) is 0 Å². The zero-order valence-electron chi connectivity index (χ0n) is 14.4. The highest BCUT2D eigenvalue weighted by Crippen LogP contribution is 2.39. The van der Waals surface area contributed by atoms with Crippen LogP contribution in [0, 0.1) is 17.3 Å². The Labute approximate surface area is 142 Å². The summed E-state index contributed by atoms with van der Waals surface area (Å²) in [6.45, 7) is 8.07. The van der Waals surface area contributed by atoms with Crippen molar-refractivity contribution in [2.75, 3.05) is 19.3 Å². The number of fused-ring (bicyclic) bond motifs is 1. The molecule has 0 aliphatic carbocycles. The average Bonchev–Trinajstić information content (AvgIpc) is 3.10. The number of carbonyl (C=O) groups excluding carboxylic acids is 1. The molecule has 0 radical (unpaired) electrons. The van der Waals surface area contributed by atoms with Gasteiger partial charge in [0.25, 0.3) is 5.91 Å². The minimum absolute atomic E-state index is 0.113. The van der Waals surface area contributed by atoms with Crippen molar-refractivity contribution in [3.05, 3.63) is 29.3 Å². The normalized spacial score (nSPS) is 24.2. The topological polar surface area (TPSA) is 40.5 Å². The average molecular weight is 331 g/mol. The molecular formula is C18H27BNO2P. The fourth-order valence-corrected chi connectivity index (χ4v) is 4.63. The first kappa shape index (κ1) is 17.0. The van der Waals surface area contributed by atoms with Crippen molar-refractivity contribution >= 4 is 27.5 Å². The first-order valence-electron chi connectivity index (χ1n) is 8.61. The van der Waals surface area contributed by atoms with E-state index in [2.05, 4.69) is 30.0 Å². The van der Waals surface area contributed by atoms with Gasteiger partial charge >= 0.3 is 6.92 Å². The van der Waals surface area contributed by atoms with E-state index in [1.54, 1.807) is 0 Å². The molecule has 1 aromatic rings. The minimum atomic E-state index is -0.404. The second kappa shape index (κ2) is 6.22. The zero-order valence-corrected chi connectivity index (χ0v) is 15.5. The van der Waals surface area contributed by atoms with Crippen molar-refractivity contribution in [2.45, 2.75) is 33.5 Å². The molecule has 1 fully saturated rings. The Morgan fingerprint density at radius 1 is 1.39 bits per heavy atom. The summed E-state index contributed by atoms with van der Waals surface area (Å²) in [5, 5.41) is 10.1. The highest BCUT2D eigenvalue weighted by molar-refractivity contribution is 7.16. The lowest BCUT2D eigenvalue weighted by molar-refractivity contribution is 0.0776. The number of amides is 1. The maximum Gasteiger partial charge on any atom is 0.324 e. The Hall–Kier alpha value is -0.855. The standard InChI is InChI=1S/C18H27BNO2P/c1-18(2,3)15-10-20(9-14(15)11-23)17(21)13-5-4-12-6-7-19(22)16(12)8-13/h4-5,8,14-15,22H,6-7,9-11,23H2,1-3H3. The molecule has 3 nitrogen and oxygen atoms in total. The molecule has 1 amide bonds. The molecule has 3 unspecified atom stereocenters. The van der Waals surface area contributed by atoms with E-state index in [-0.39, 0.29) is 11.3 Å². The Morgan fingerprint density at radius 2 is 2.13 bits per heavy atom. The van der Waals surface area contributed by atoms with Crippen LogP contribution in [0.25, 0.3) is 0 Å². The van der Waals surface area contributed by atoms with Crippen molar-refractivity contribution in [1.29, 1.82) is 0 Å². The molecule has 0 saturated carbocycles. The van der Waals surface area contributed by atoms with Gasteiger partial charge in [0.15, 0.2) is 0 Å². The molecular weight excluding hydrogens is 304 g/mol. The highest BCUT2D eigenvalue weighted by atomic mass is 31.0. The van der Waals surface area contributed by atoms with Crippen LogP contribution in [-0.2, 0) is 6.42 Å². The third-order valence-electron chi connectivity index (χ3n) is 5.58. The lowest BCUT2D eigenvalue weighted by Gasteiger charge is -2.30. The number of likely N-dealkylation sites (tertiary alicyclic amines) is 1.